The fraction of sp³-hybridized carbons (Fsp3) is 0.933. The Hall–Kier alpha value is -0.300. The van der Waals surface area contributed by atoms with Crippen molar-refractivity contribution in [2.75, 3.05) is 0 Å². The highest BCUT2D eigenvalue weighted by Gasteiger charge is 2.68. The molecule has 4 fully saturated rings. The molecule has 1 heteroatoms. The van der Waals surface area contributed by atoms with Gasteiger partial charge in [0.1, 0.15) is 0 Å². The summed E-state index contributed by atoms with van der Waals surface area (Å²) in [4.78, 5) is 0. The fourth-order valence-electron chi connectivity index (χ4n) is 11.2. The van der Waals surface area contributed by atoms with Crippen molar-refractivity contribution < 1.29 is 5.11 Å². The van der Waals surface area contributed by atoms with Gasteiger partial charge in [-0.2, -0.15) is 0 Å². The van der Waals surface area contributed by atoms with Crippen LogP contribution in [0.1, 0.15) is 113 Å². The van der Waals surface area contributed by atoms with E-state index in [0.717, 1.165) is 30.1 Å². The SMILES string of the molecule is CC(C)C1CCC2C1(C)CCC1(C)C3=CCC4C(C)(C)C(O)CCC4(C)C3CCC21C. The van der Waals surface area contributed by atoms with E-state index in [2.05, 4.69) is 61.5 Å². The zero-order chi connectivity index (χ0) is 22.6. The molecule has 1 N–H and O–H groups in total. The number of fused-ring (bicyclic) bond motifs is 7. The molecule has 0 saturated heterocycles. The number of rotatable bonds is 1. The summed E-state index contributed by atoms with van der Waals surface area (Å²) in [6.07, 6.45) is 14.5. The van der Waals surface area contributed by atoms with Crippen LogP contribution in [0.3, 0.4) is 0 Å². The van der Waals surface area contributed by atoms with Gasteiger partial charge in [0.15, 0.2) is 0 Å². The molecule has 0 spiro atoms. The Morgan fingerprint density at radius 3 is 2.19 bits per heavy atom. The van der Waals surface area contributed by atoms with Gasteiger partial charge in [-0.3, -0.25) is 0 Å². The first-order valence-electron chi connectivity index (χ1n) is 13.7. The molecule has 1 nitrogen and oxygen atoms in total. The molecule has 5 aliphatic rings. The van der Waals surface area contributed by atoms with E-state index < -0.39 is 0 Å². The number of hydrogen-bond donors (Lipinski definition) is 1. The second kappa shape index (κ2) is 6.64. The number of allylic oxidation sites excluding steroid dienone is 2. The molecule has 176 valence electrons. The van der Waals surface area contributed by atoms with E-state index in [9.17, 15) is 5.11 Å². The maximum atomic E-state index is 10.8. The summed E-state index contributed by atoms with van der Waals surface area (Å²) in [5.41, 5.74) is 3.65. The Kier molecular flexibility index (Phi) is 4.82. The molecule has 5 aliphatic carbocycles. The summed E-state index contributed by atoms with van der Waals surface area (Å²) in [5.74, 6) is 3.99. The molecule has 0 aromatic carbocycles. The summed E-state index contributed by atoms with van der Waals surface area (Å²) >= 11 is 0. The quantitative estimate of drug-likeness (QED) is 0.421. The summed E-state index contributed by atoms with van der Waals surface area (Å²) in [6, 6.07) is 0. The fourth-order valence-corrected chi connectivity index (χ4v) is 11.2. The molecule has 0 aromatic rings. The van der Waals surface area contributed by atoms with E-state index >= 15 is 0 Å². The predicted octanol–water partition coefficient (Wildman–Crippen LogP) is 8.02. The molecular formula is C30H50O. The average molecular weight is 427 g/mol. The number of aliphatic hydroxyl groups excluding tert-OH is 1. The highest BCUT2D eigenvalue weighted by atomic mass is 16.3. The van der Waals surface area contributed by atoms with Crippen LogP contribution in [0.15, 0.2) is 11.6 Å². The Morgan fingerprint density at radius 1 is 0.806 bits per heavy atom. The largest absolute Gasteiger partial charge is 0.393 e. The van der Waals surface area contributed by atoms with Crippen LogP contribution in [-0.4, -0.2) is 11.2 Å². The van der Waals surface area contributed by atoms with Gasteiger partial charge in [0, 0.05) is 0 Å². The van der Waals surface area contributed by atoms with Gasteiger partial charge in [-0.1, -0.05) is 67.0 Å². The molecule has 4 saturated carbocycles. The smallest absolute Gasteiger partial charge is 0.0594 e. The lowest BCUT2D eigenvalue weighted by molar-refractivity contribution is -0.159. The normalized spacial score (nSPS) is 55.7. The van der Waals surface area contributed by atoms with Crippen molar-refractivity contribution in [2.45, 2.75) is 119 Å². The van der Waals surface area contributed by atoms with E-state index in [-0.39, 0.29) is 11.5 Å². The van der Waals surface area contributed by atoms with Crippen molar-refractivity contribution in [3.63, 3.8) is 0 Å². The third-order valence-corrected chi connectivity index (χ3v) is 13.3. The highest BCUT2D eigenvalue weighted by Crippen LogP contribution is 2.76. The minimum atomic E-state index is -0.133. The van der Waals surface area contributed by atoms with Gasteiger partial charge in [0.25, 0.3) is 0 Å². The molecule has 0 bridgehead atoms. The zero-order valence-corrected chi connectivity index (χ0v) is 21.9. The molecule has 9 unspecified atom stereocenters. The second-order valence-corrected chi connectivity index (χ2v) is 14.7. The maximum absolute atomic E-state index is 10.8. The van der Waals surface area contributed by atoms with Gasteiger partial charge < -0.3 is 5.11 Å². The summed E-state index contributed by atoms with van der Waals surface area (Å²) in [5, 5.41) is 10.8. The third kappa shape index (κ3) is 2.60. The molecule has 0 radical (unpaired) electrons. The van der Waals surface area contributed by atoms with E-state index in [1.54, 1.807) is 0 Å². The van der Waals surface area contributed by atoms with Gasteiger partial charge in [-0.15, -0.1) is 0 Å². The molecule has 0 aliphatic heterocycles. The lowest BCUT2D eigenvalue weighted by atomic mass is 9.35. The Labute approximate surface area is 192 Å². The van der Waals surface area contributed by atoms with Crippen LogP contribution in [0, 0.1) is 56.7 Å². The zero-order valence-electron chi connectivity index (χ0n) is 21.9. The summed E-state index contributed by atoms with van der Waals surface area (Å²) < 4.78 is 0. The van der Waals surface area contributed by atoms with Gasteiger partial charge in [0.2, 0.25) is 0 Å². The lowest BCUT2D eigenvalue weighted by Gasteiger charge is -2.69. The van der Waals surface area contributed by atoms with Crippen LogP contribution in [-0.2, 0) is 0 Å². The summed E-state index contributed by atoms with van der Waals surface area (Å²) in [6.45, 7) is 20.4. The van der Waals surface area contributed by atoms with Crippen LogP contribution >= 0.6 is 0 Å². The van der Waals surface area contributed by atoms with Crippen LogP contribution < -0.4 is 0 Å². The Balaban J connectivity index is 1.55. The average Bonchev–Trinajstić information content (AvgIpc) is 3.05. The molecule has 31 heavy (non-hydrogen) atoms. The standard InChI is InChI=1S/C30H50O/c1-19(2)20-9-12-24-28(20,6)17-18-29(7)22-10-11-23-26(3,4)25(31)14-15-27(23,5)21(22)13-16-30(24,29)8/h10,19-21,23-25,31H,9,11-18H2,1-8H3. The van der Waals surface area contributed by atoms with E-state index in [0.29, 0.717) is 27.6 Å². The van der Waals surface area contributed by atoms with E-state index in [1.807, 2.05) is 5.57 Å². The second-order valence-electron chi connectivity index (χ2n) is 14.7. The van der Waals surface area contributed by atoms with Gasteiger partial charge in [-0.25, -0.2) is 0 Å². The minimum Gasteiger partial charge on any atom is -0.393 e. The van der Waals surface area contributed by atoms with Crippen molar-refractivity contribution >= 4 is 0 Å². The number of hydrogen-bond acceptors (Lipinski definition) is 1. The topological polar surface area (TPSA) is 20.2 Å². The van der Waals surface area contributed by atoms with Crippen LogP contribution in [0.4, 0.5) is 0 Å². The van der Waals surface area contributed by atoms with Gasteiger partial charge >= 0.3 is 0 Å². The van der Waals surface area contributed by atoms with E-state index in [1.165, 1.54) is 51.4 Å². The molecule has 5 rings (SSSR count). The first-order valence-corrected chi connectivity index (χ1v) is 13.7. The van der Waals surface area contributed by atoms with Crippen LogP contribution in [0.2, 0.25) is 0 Å². The highest BCUT2D eigenvalue weighted by molar-refractivity contribution is 5.33. The molecule has 0 amide bonds. The van der Waals surface area contributed by atoms with E-state index in [4.69, 9.17) is 0 Å². The molecular weight excluding hydrogens is 376 g/mol. The van der Waals surface area contributed by atoms with Gasteiger partial charge in [-0.05, 0) is 114 Å². The predicted molar refractivity (Wildman–Crippen MR) is 131 cm³/mol. The third-order valence-electron chi connectivity index (χ3n) is 13.3. The van der Waals surface area contributed by atoms with Crippen molar-refractivity contribution in [3.05, 3.63) is 11.6 Å². The van der Waals surface area contributed by atoms with Crippen molar-refractivity contribution in [2.24, 2.45) is 56.7 Å². The first kappa shape index (κ1) is 22.5. The minimum absolute atomic E-state index is 0.0394. The first-order chi connectivity index (χ1) is 14.3. The van der Waals surface area contributed by atoms with Gasteiger partial charge in [0.05, 0.1) is 6.10 Å². The summed E-state index contributed by atoms with van der Waals surface area (Å²) in [7, 11) is 0. The van der Waals surface area contributed by atoms with Crippen molar-refractivity contribution in [3.8, 4) is 0 Å². The molecule has 0 heterocycles. The monoisotopic (exact) mass is 426 g/mol. The van der Waals surface area contributed by atoms with Crippen LogP contribution in [0.25, 0.3) is 0 Å². The molecule has 9 atom stereocenters. The van der Waals surface area contributed by atoms with Crippen LogP contribution in [0.5, 0.6) is 0 Å². The maximum Gasteiger partial charge on any atom is 0.0594 e. The Bertz CT molecular complexity index is 777. The molecule has 0 aromatic heterocycles. The Morgan fingerprint density at radius 2 is 1.52 bits per heavy atom. The van der Waals surface area contributed by atoms with Crippen molar-refractivity contribution in [1.82, 2.24) is 0 Å². The lowest BCUT2D eigenvalue weighted by Crippen LogP contribution is -2.62. The van der Waals surface area contributed by atoms with Crippen molar-refractivity contribution in [1.29, 1.82) is 0 Å². The number of aliphatic hydroxyl groups is 1.